The lowest BCUT2D eigenvalue weighted by Crippen LogP contribution is -2.31. The van der Waals surface area contributed by atoms with E-state index in [0.717, 1.165) is 5.69 Å². The minimum Gasteiger partial charge on any atom is -0.493 e. The van der Waals surface area contributed by atoms with Gasteiger partial charge in [-0.1, -0.05) is 18.2 Å². The van der Waals surface area contributed by atoms with Gasteiger partial charge < -0.3 is 14.4 Å². The van der Waals surface area contributed by atoms with Gasteiger partial charge in [-0.2, -0.15) is 0 Å². The number of ketones is 1. The van der Waals surface area contributed by atoms with Crippen molar-refractivity contribution in [2.45, 2.75) is 6.92 Å². The highest BCUT2D eigenvalue weighted by Gasteiger charge is 2.14. The van der Waals surface area contributed by atoms with Gasteiger partial charge in [0.15, 0.2) is 23.9 Å². The Morgan fingerprint density at radius 3 is 2.35 bits per heavy atom. The maximum absolute atomic E-state index is 12.2. The summed E-state index contributed by atoms with van der Waals surface area (Å²) < 4.78 is 10.8. The van der Waals surface area contributed by atoms with Gasteiger partial charge in [0.2, 0.25) is 0 Å². The standard InChI is InChI=1S/C18H19NO4/c1-13(20)14-9-10-16(17(11-14)22-3)23-12-18(21)19(2)15-7-5-4-6-8-15/h4-11H,12H2,1-3H3. The molecular weight excluding hydrogens is 294 g/mol. The molecule has 5 nitrogen and oxygen atoms in total. The summed E-state index contributed by atoms with van der Waals surface area (Å²) >= 11 is 0. The maximum Gasteiger partial charge on any atom is 0.264 e. The van der Waals surface area contributed by atoms with E-state index in [1.54, 1.807) is 25.2 Å². The van der Waals surface area contributed by atoms with Crippen LogP contribution in [0, 0.1) is 0 Å². The van der Waals surface area contributed by atoms with Crippen molar-refractivity contribution >= 4 is 17.4 Å². The van der Waals surface area contributed by atoms with E-state index in [4.69, 9.17) is 9.47 Å². The lowest BCUT2D eigenvalue weighted by atomic mass is 10.1. The molecule has 5 heteroatoms. The molecule has 120 valence electrons. The Balaban J connectivity index is 2.05. The van der Waals surface area contributed by atoms with E-state index in [0.29, 0.717) is 17.1 Å². The maximum atomic E-state index is 12.2. The Hall–Kier alpha value is -2.82. The first kappa shape index (κ1) is 16.5. The number of carbonyl (C=O) groups excluding carboxylic acids is 2. The Morgan fingerprint density at radius 2 is 1.74 bits per heavy atom. The lowest BCUT2D eigenvalue weighted by Gasteiger charge is -2.18. The van der Waals surface area contributed by atoms with Crippen molar-refractivity contribution in [1.82, 2.24) is 0 Å². The highest BCUT2D eigenvalue weighted by Crippen LogP contribution is 2.28. The number of ether oxygens (including phenoxy) is 2. The molecule has 0 fully saturated rings. The number of hydrogen-bond acceptors (Lipinski definition) is 4. The van der Waals surface area contributed by atoms with Crippen LogP contribution in [0.3, 0.4) is 0 Å². The van der Waals surface area contributed by atoms with Crippen LogP contribution < -0.4 is 14.4 Å². The fraction of sp³-hybridized carbons (Fsp3) is 0.222. The summed E-state index contributed by atoms with van der Waals surface area (Å²) in [6.07, 6.45) is 0. The Morgan fingerprint density at radius 1 is 1.04 bits per heavy atom. The number of rotatable bonds is 6. The Labute approximate surface area is 135 Å². The number of para-hydroxylation sites is 1. The number of amides is 1. The summed E-state index contributed by atoms with van der Waals surface area (Å²) in [6.45, 7) is 1.36. The second-order valence-corrected chi connectivity index (χ2v) is 5.00. The van der Waals surface area contributed by atoms with Gasteiger partial charge in [-0.15, -0.1) is 0 Å². The van der Waals surface area contributed by atoms with Crippen LogP contribution in [0.4, 0.5) is 5.69 Å². The molecule has 0 unspecified atom stereocenters. The molecule has 2 aromatic rings. The average molecular weight is 313 g/mol. The Bertz CT molecular complexity index is 697. The van der Waals surface area contributed by atoms with Crippen LogP contribution in [0.5, 0.6) is 11.5 Å². The minimum atomic E-state index is -0.186. The molecule has 0 atom stereocenters. The van der Waals surface area contributed by atoms with Gasteiger partial charge in [0.25, 0.3) is 5.91 Å². The van der Waals surface area contributed by atoms with E-state index in [9.17, 15) is 9.59 Å². The molecule has 0 aliphatic heterocycles. The second-order valence-electron chi connectivity index (χ2n) is 5.00. The predicted octanol–water partition coefficient (Wildman–Crippen LogP) is 2.94. The number of methoxy groups -OCH3 is 1. The van der Waals surface area contributed by atoms with Crippen molar-refractivity contribution in [3.05, 3.63) is 54.1 Å². The van der Waals surface area contributed by atoms with Gasteiger partial charge >= 0.3 is 0 Å². The van der Waals surface area contributed by atoms with Crippen molar-refractivity contribution in [1.29, 1.82) is 0 Å². The van der Waals surface area contributed by atoms with Crippen molar-refractivity contribution in [2.24, 2.45) is 0 Å². The topological polar surface area (TPSA) is 55.8 Å². The molecular formula is C18H19NO4. The predicted molar refractivity (Wildman–Crippen MR) is 88.3 cm³/mol. The Kier molecular flexibility index (Phi) is 5.36. The van der Waals surface area contributed by atoms with Crippen molar-refractivity contribution in [3.63, 3.8) is 0 Å². The van der Waals surface area contributed by atoms with Crippen LogP contribution in [-0.4, -0.2) is 32.5 Å². The zero-order valence-electron chi connectivity index (χ0n) is 13.4. The number of likely N-dealkylation sites (N-methyl/N-ethyl adjacent to an activating group) is 1. The first-order chi connectivity index (χ1) is 11.0. The molecule has 0 radical (unpaired) electrons. The summed E-state index contributed by atoms with van der Waals surface area (Å²) in [5.74, 6) is 0.601. The molecule has 0 spiro atoms. The zero-order valence-corrected chi connectivity index (χ0v) is 13.4. The molecule has 0 aliphatic carbocycles. The highest BCUT2D eigenvalue weighted by atomic mass is 16.5. The SMILES string of the molecule is COc1cc(C(C)=O)ccc1OCC(=O)N(C)c1ccccc1. The van der Waals surface area contributed by atoms with Crippen LogP contribution in [0.25, 0.3) is 0 Å². The van der Waals surface area contributed by atoms with E-state index in [2.05, 4.69) is 0 Å². The van der Waals surface area contributed by atoms with Crippen molar-refractivity contribution < 1.29 is 19.1 Å². The molecule has 2 aromatic carbocycles. The molecule has 0 aromatic heterocycles. The second kappa shape index (κ2) is 7.45. The molecule has 23 heavy (non-hydrogen) atoms. The number of Topliss-reactive ketones (excluding diaryl/α,β-unsaturated/α-hetero) is 1. The van der Waals surface area contributed by atoms with E-state index < -0.39 is 0 Å². The molecule has 0 heterocycles. The summed E-state index contributed by atoms with van der Waals surface area (Å²) in [7, 11) is 3.18. The lowest BCUT2D eigenvalue weighted by molar-refractivity contribution is -0.120. The van der Waals surface area contributed by atoms with E-state index in [1.165, 1.54) is 18.9 Å². The fourth-order valence-corrected chi connectivity index (χ4v) is 2.04. The largest absolute Gasteiger partial charge is 0.493 e. The summed E-state index contributed by atoms with van der Waals surface area (Å²) in [4.78, 5) is 25.1. The van der Waals surface area contributed by atoms with Crippen LogP contribution in [-0.2, 0) is 4.79 Å². The molecule has 0 saturated carbocycles. The van der Waals surface area contributed by atoms with Gasteiger partial charge in [-0.25, -0.2) is 0 Å². The third-order valence-corrected chi connectivity index (χ3v) is 3.44. The third-order valence-electron chi connectivity index (χ3n) is 3.44. The van der Waals surface area contributed by atoms with Gasteiger partial charge in [0.1, 0.15) is 0 Å². The van der Waals surface area contributed by atoms with E-state index >= 15 is 0 Å². The minimum absolute atomic E-state index is 0.0604. The highest BCUT2D eigenvalue weighted by molar-refractivity contribution is 5.95. The molecule has 0 N–H and O–H groups in total. The summed E-state index contributed by atoms with van der Waals surface area (Å²) in [5.41, 5.74) is 1.32. The number of anilines is 1. The quantitative estimate of drug-likeness (QED) is 0.769. The van der Waals surface area contributed by atoms with Crippen LogP contribution >= 0.6 is 0 Å². The number of benzene rings is 2. The van der Waals surface area contributed by atoms with Gasteiger partial charge in [-0.3, -0.25) is 9.59 Å². The number of nitrogens with zero attached hydrogens (tertiary/aromatic N) is 1. The van der Waals surface area contributed by atoms with Crippen molar-refractivity contribution in [2.75, 3.05) is 25.7 Å². The van der Waals surface area contributed by atoms with Crippen LogP contribution in [0.1, 0.15) is 17.3 Å². The van der Waals surface area contributed by atoms with Gasteiger partial charge in [-0.05, 0) is 37.3 Å². The fourth-order valence-electron chi connectivity index (χ4n) is 2.04. The average Bonchev–Trinajstić information content (AvgIpc) is 2.59. The zero-order chi connectivity index (χ0) is 16.8. The first-order valence-corrected chi connectivity index (χ1v) is 7.16. The van der Waals surface area contributed by atoms with Crippen molar-refractivity contribution in [3.8, 4) is 11.5 Å². The first-order valence-electron chi connectivity index (χ1n) is 7.16. The van der Waals surface area contributed by atoms with Gasteiger partial charge in [0, 0.05) is 18.3 Å². The van der Waals surface area contributed by atoms with E-state index in [-0.39, 0.29) is 18.3 Å². The van der Waals surface area contributed by atoms with Gasteiger partial charge in [0.05, 0.1) is 7.11 Å². The monoisotopic (exact) mass is 313 g/mol. The molecule has 0 bridgehead atoms. The number of hydrogen-bond donors (Lipinski definition) is 0. The molecule has 2 rings (SSSR count). The van der Waals surface area contributed by atoms with E-state index in [1.807, 2.05) is 30.3 Å². The smallest absolute Gasteiger partial charge is 0.264 e. The van der Waals surface area contributed by atoms with Crippen LogP contribution in [0.2, 0.25) is 0 Å². The summed E-state index contributed by atoms with van der Waals surface area (Å²) in [5, 5.41) is 0. The molecule has 1 amide bonds. The molecule has 0 aliphatic rings. The normalized spacial score (nSPS) is 10.0. The molecule has 0 saturated heterocycles. The van der Waals surface area contributed by atoms with Crippen LogP contribution in [0.15, 0.2) is 48.5 Å². The summed E-state index contributed by atoms with van der Waals surface area (Å²) in [6, 6.07) is 14.2. The number of carbonyl (C=O) groups is 2. The third kappa shape index (κ3) is 4.10.